The number of hydrogen-bond donors (Lipinski definition) is 1. The highest BCUT2D eigenvalue weighted by molar-refractivity contribution is 8.15. The van der Waals surface area contributed by atoms with Gasteiger partial charge >= 0.3 is 5.97 Å². The van der Waals surface area contributed by atoms with Crippen LogP contribution in [0.4, 0.5) is 5.69 Å². The Morgan fingerprint density at radius 2 is 1.64 bits per heavy atom. The second kappa shape index (κ2) is 10.6. The molecule has 0 spiro atoms. The van der Waals surface area contributed by atoms with Gasteiger partial charge in [-0.1, -0.05) is 66.2 Å². The van der Waals surface area contributed by atoms with Crippen LogP contribution in [0.2, 0.25) is 0 Å². The molecular formula is C25H23N5O2S. The number of nitrogens with zero attached hydrogens (tertiary/aromatic N) is 4. The number of hydrazone groups is 1. The van der Waals surface area contributed by atoms with E-state index in [1.165, 1.54) is 0 Å². The van der Waals surface area contributed by atoms with Crippen molar-refractivity contribution in [3.8, 4) is 17.1 Å². The molecule has 0 aliphatic heterocycles. The van der Waals surface area contributed by atoms with E-state index in [1.807, 2.05) is 96.4 Å². The summed E-state index contributed by atoms with van der Waals surface area (Å²) in [5.74, 6) is 0.130. The summed E-state index contributed by atoms with van der Waals surface area (Å²) in [5.41, 5.74) is 6.62. The van der Waals surface area contributed by atoms with Gasteiger partial charge in [0.25, 0.3) is 0 Å². The Kier molecular flexibility index (Phi) is 7.16. The number of rotatable bonds is 6. The molecule has 1 heterocycles. The molecule has 1 N–H and O–H groups in total. The minimum atomic E-state index is -0.536. The second-order valence-corrected chi connectivity index (χ2v) is 8.02. The van der Waals surface area contributed by atoms with Gasteiger partial charge in [0.2, 0.25) is 10.2 Å². The lowest BCUT2D eigenvalue weighted by Gasteiger charge is -2.11. The smallest absolute Gasteiger partial charge is 0.365 e. The lowest BCUT2D eigenvalue weighted by atomic mass is 10.2. The first kappa shape index (κ1) is 22.3. The van der Waals surface area contributed by atoms with Gasteiger partial charge in [-0.05, 0) is 49.9 Å². The Labute approximate surface area is 196 Å². The average molecular weight is 458 g/mol. The van der Waals surface area contributed by atoms with Crippen molar-refractivity contribution in [2.24, 2.45) is 5.10 Å². The molecule has 0 bridgehead atoms. The van der Waals surface area contributed by atoms with Gasteiger partial charge in [0.1, 0.15) is 0 Å². The number of carbonyl (C=O) groups excluding carboxylic acids is 1. The maximum Gasteiger partial charge on any atom is 0.365 e. The van der Waals surface area contributed by atoms with Crippen LogP contribution in [0.15, 0.2) is 95.2 Å². The molecule has 0 amide bonds. The number of anilines is 1. The predicted molar refractivity (Wildman–Crippen MR) is 132 cm³/mol. The van der Waals surface area contributed by atoms with Gasteiger partial charge in [0.05, 0.1) is 12.3 Å². The fourth-order valence-corrected chi connectivity index (χ4v) is 3.82. The van der Waals surface area contributed by atoms with Gasteiger partial charge in [0.15, 0.2) is 5.82 Å². The van der Waals surface area contributed by atoms with Crippen molar-refractivity contribution >= 4 is 28.5 Å². The SMILES string of the molecule is CCOC(=O)/C(=N\Nc1ccc(C)cc1)Sc1nnc(-c2ccccc2)n1-c1ccccc1. The third-order valence-electron chi connectivity index (χ3n) is 4.66. The van der Waals surface area contributed by atoms with Gasteiger partial charge in [-0.25, -0.2) is 4.79 Å². The van der Waals surface area contributed by atoms with Crippen LogP contribution in [-0.2, 0) is 9.53 Å². The highest BCUT2D eigenvalue weighted by Crippen LogP contribution is 2.29. The van der Waals surface area contributed by atoms with Gasteiger partial charge in [-0.2, -0.15) is 5.10 Å². The number of hydrogen-bond acceptors (Lipinski definition) is 7. The van der Waals surface area contributed by atoms with E-state index in [9.17, 15) is 4.79 Å². The molecule has 4 aromatic rings. The number of thioether (sulfide) groups is 1. The molecule has 7 nitrogen and oxygen atoms in total. The summed E-state index contributed by atoms with van der Waals surface area (Å²) in [6.07, 6.45) is 0. The molecule has 0 atom stereocenters. The number of esters is 1. The molecule has 4 rings (SSSR count). The quantitative estimate of drug-likeness (QED) is 0.139. The van der Waals surface area contributed by atoms with Gasteiger partial charge < -0.3 is 4.74 Å². The van der Waals surface area contributed by atoms with Crippen LogP contribution in [0.5, 0.6) is 0 Å². The van der Waals surface area contributed by atoms with Crippen molar-refractivity contribution in [3.63, 3.8) is 0 Å². The first-order valence-electron chi connectivity index (χ1n) is 10.5. The number of nitrogens with one attached hydrogen (secondary N) is 1. The van der Waals surface area contributed by atoms with Crippen molar-refractivity contribution in [2.75, 3.05) is 12.0 Å². The Morgan fingerprint density at radius 1 is 0.970 bits per heavy atom. The first-order valence-corrected chi connectivity index (χ1v) is 11.3. The molecule has 0 aliphatic rings. The molecule has 1 aromatic heterocycles. The second-order valence-electron chi connectivity index (χ2n) is 7.06. The van der Waals surface area contributed by atoms with Crippen molar-refractivity contribution < 1.29 is 9.53 Å². The number of benzene rings is 3. The summed E-state index contributed by atoms with van der Waals surface area (Å²) in [5, 5.41) is 13.7. The molecule has 0 saturated carbocycles. The van der Waals surface area contributed by atoms with E-state index in [1.54, 1.807) is 6.92 Å². The first-order chi connectivity index (χ1) is 16.2. The Bertz CT molecular complexity index is 1240. The number of para-hydroxylation sites is 1. The highest BCUT2D eigenvalue weighted by Gasteiger charge is 2.22. The van der Waals surface area contributed by atoms with E-state index in [0.29, 0.717) is 11.0 Å². The Hall–Kier alpha value is -3.91. The van der Waals surface area contributed by atoms with Gasteiger partial charge in [0, 0.05) is 11.3 Å². The highest BCUT2D eigenvalue weighted by atomic mass is 32.2. The Morgan fingerprint density at radius 3 is 2.30 bits per heavy atom. The fraction of sp³-hybridized carbons (Fsp3) is 0.120. The van der Waals surface area contributed by atoms with E-state index >= 15 is 0 Å². The number of aromatic nitrogens is 3. The lowest BCUT2D eigenvalue weighted by Crippen LogP contribution is -2.17. The van der Waals surface area contributed by atoms with Crippen molar-refractivity contribution in [1.82, 2.24) is 14.8 Å². The minimum Gasteiger partial charge on any atom is -0.461 e. The van der Waals surface area contributed by atoms with Crippen LogP contribution in [0, 0.1) is 6.92 Å². The summed E-state index contributed by atoms with van der Waals surface area (Å²) < 4.78 is 7.14. The van der Waals surface area contributed by atoms with E-state index in [-0.39, 0.29) is 11.7 Å². The van der Waals surface area contributed by atoms with E-state index in [0.717, 1.165) is 34.3 Å². The van der Waals surface area contributed by atoms with Crippen LogP contribution in [0.3, 0.4) is 0 Å². The predicted octanol–water partition coefficient (Wildman–Crippen LogP) is 5.32. The molecule has 0 aliphatic carbocycles. The zero-order chi connectivity index (χ0) is 23.0. The van der Waals surface area contributed by atoms with Crippen molar-refractivity contribution in [1.29, 1.82) is 0 Å². The van der Waals surface area contributed by atoms with E-state index < -0.39 is 5.97 Å². The van der Waals surface area contributed by atoms with Crippen LogP contribution in [-0.4, -0.2) is 32.4 Å². The lowest BCUT2D eigenvalue weighted by molar-refractivity contribution is -0.134. The molecule has 0 saturated heterocycles. The van der Waals surface area contributed by atoms with Gasteiger partial charge in [-0.15, -0.1) is 10.2 Å². The number of aryl methyl sites for hydroxylation is 1. The topological polar surface area (TPSA) is 81.4 Å². The molecule has 8 heteroatoms. The monoisotopic (exact) mass is 457 g/mol. The minimum absolute atomic E-state index is 0.126. The largest absolute Gasteiger partial charge is 0.461 e. The molecule has 33 heavy (non-hydrogen) atoms. The standard InChI is InChI=1S/C25H23N5O2S/c1-3-32-24(31)23(28-26-20-16-14-18(2)15-17-20)33-25-29-27-22(19-10-6-4-7-11-19)30(25)21-12-8-5-9-13-21/h4-17,26H,3H2,1-2H3/b28-23+. The molecule has 166 valence electrons. The zero-order valence-corrected chi connectivity index (χ0v) is 19.1. The maximum atomic E-state index is 12.7. The summed E-state index contributed by atoms with van der Waals surface area (Å²) in [4.78, 5) is 12.7. The molecule has 0 fully saturated rings. The third-order valence-corrected chi connectivity index (χ3v) is 5.55. The third kappa shape index (κ3) is 5.48. The maximum absolute atomic E-state index is 12.7. The molecule has 0 radical (unpaired) electrons. The summed E-state index contributed by atoms with van der Waals surface area (Å²) in [6.45, 7) is 4.00. The molecular weight excluding hydrogens is 434 g/mol. The van der Waals surface area contributed by atoms with E-state index in [4.69, 9.17) is 4.74 Å². The van der Waals surface area contributed by atoms with Crippen LogP contribution < -0.4 is 5.43 Å². The average Bonchev–Trinajstić information content (AvgIpc) is 3.27. The van der Waals surface area contributed by atoms with Crippen LogP contribution in [0.1, 0.15) is 12.5 Å². The Balaban J connectivity index is 1.72. The van der Waals surface area contributed by atoms with Crippen molar-refractivity contribution in [3.05, 3.63) is 90.5 Å². The van der Waals surface area contributed by atoms with Gasteiger partial charge in [-0.3, -0.25) is 9.99 Å². The summed E-state index contributed by atoms with van der Waals surface area (Å²) >= 11 is 1.10. The van der Waals surface area contributed by atoms with Crippen LogP contribution in [0.25, 0.3) is 17.1 Å². The number of ether oxygens (including phenoxy) is 1. The fourth-order valence-electron chi connectivity index (χ4n) is 3.05. The normalized spacial score (nSPS) is 11.3. The summed E-state index contributed by atoms with van der Waals surface area (Å²) in [6, 6.07) is 27.3. The zero-order valence-electron chi connectivity index (χ0n) is 18.3. The van der Waals surface area contributed by atoms with Crippen LogP contribution >= 0.6 is 11.8 Å². The van der Waals surface area contributed by atoms with Crippen molar-refractivity contribution in [2.45, 2.75) is 19.0 Å². The van der Waals surface area contributed by atoms with E-state index in [2.05, 4.69) is 20.7 Å². The molecule has 3 aromatic carbocycles. The molecule has 0 unspecified atom stereocenters. The number of carbonyl (C=O) groups is 1. The summed E-state index contributed by atoms with van der Waals surface area (Å²) in [7, 11) is 0.